The third-order valence-corrected chi connectivity index (χ3v) is 3.75. The summed E-state index contributed by atoms with van der Waals surface area (Å²) in [5.41, 5.74) is 9.92. The van der Waals surface area contributed by atoms with Crippen LogP contribution in [-0.4, -0.2) is 11.9 Å². The number of carbonyl (C=O) groups is 1. The largest absolute Gasteiger partial charge is 0.370 e. The molecule has 0 saturated carbocycles. The van der Waals surface area contributed by atoms with Gasteiger partial charge in [-0.15, -0.1) is 0 Å². The minimum Gasteiger partial charge on any atom is -0.370 e. The lowest BCUT2D eigenvalue weighted by Crippen LogP contribution is -2.22. The van der Waals surface area contributed by atoms with E-state index in [1.807, 2.05) is 43.3 Å². The minimum absolute atomic E-state index is 0.0276. The van der Waals surface area contributed by atoms with Gasteiger partial charge in [-0.3, -0.25) is 4.79 Å². The van der Waals surface area contributed by atoms with Gasteiger partial charge in [0, 0.05) is 17.8 Å². The first-order valence-electron chi connectivity index (χ1n) is 8.65. The van der Waals surface area contributed by atoms with Crippen molar-refractivity contribution in [2.75, 3.05) is 10.6 Å². The van der Waals surface area contributed by atoms with Crippen LogP contribution >= 0.6 is 0 Å². The van der Waals surface area contributed by atoms with Crippen molar-refractivity contribution in [3.05, 3.63) is 59.7 Å². The number of amides is 1. The van der Waals surface area contributed by atoms with E-state index < -0.39 is 0 Å². The monoisotopic (exact) mass is 338 g/mol. The number of carbonyl (C=O) groups excluding carboxylic acids is 1. The van der Waals surface area contributed by atoms with Crippen LogP contribution in [0.4, 0.5) is 11.4 Å². The molecule has 0 aromatic heterocycles. The second kappa shape index (κ2) is 9.47. The summed E-state index contributed by atoms with van der Waals surface area (Å²) in [4.78, 5) is 16.0. The second-order valence-corrected chi connectivity index (χ2v) is 5.88. The van der Waals surface area contributed by atoms with Crippen LogP contribution in [0.2, 0.25) is 0 Å². The Balaban J connectivity index is 1.94. The molecule has 5 heteroatoms. The van der Waals surface area contributed by atoms with Gasteiger partial charge in [0.05, 0.1) is 6.54 Å². The fraction of sp³-hybridized carbons (Fsp3) is 0.300. The SMILES string of the molecule is CCCC(=O)Nc1cccc(CN=C(N)Nc2ccc(CC)cc2)c1. The van der Waals surface area contributed by atoms with Gasteiger partial charge in [0.1, 0.15) is 0 Å². The highest BCUT2D eigenvalue weighted by Crippen LogP contribution is 2.13. The summed E-state index contributed by atoms with van der Waals surface area (Å²) in [6.07, 6.45) is 2.36. The number of hydrogen-bond acceptors (Lipinski definition) is 2. The van der Waals surface area contributed by atoms with Crippen molar-refractivity contribution in [2.45, 2.75) is 39.7 Å². The fourth-order valence-electron chi connectivity index (χ4n) is 2.39. The van der Waals surface area contributed by atoms with Crippen LogP contribution < -0.4 is 16.4 Å². The third-order valence-electron chi connectivity index (χ3n) is 3.75. The fourth-order valence-corrected chi connectivity index (χ4v) is 2.39. The lowest BCUT2D eigenvalue weighted by Gasteiger charge is -2.08. The van der Waals surface area contributed by atoms with Crippen LogP contribution in [-0.2, 0) is 17.8 Å². The molecule has 0 unspecified atom stereocenters. The van der Waals surface area contributed by atoms with Crippen LogP contribution in [0, 0.1) is 0 Å². The molecule has 0 heterocycles. The van der Waals surface area contributed by atoms with Gasteiger partial charge in [-0.05, 0) is 48.2 Å². The third kappa shape index (κ3) is 6.30. The molecule has 5 nitrogen and oxygen atoms in total. The molecule has 2 rings (SSSR count). The molecule has 0 saturated heterocycles. The first-order chi connectivity index (χ1) is 12.1. The number of guanidine groups is 1. The number of aryl methyl sites for hydroxylation is 1. The number of aliphatic imine (C=N–C) groups is 1. The van der Waals surface area contributed by atoms with Crippen molar-refractivity contribution in [1.82, 2.24) is 0 Å². The topological polar surface area (TPSA) is 79.5 Å². The van der Waals surface area contributed by atoms with Gasteiger partial charge in [-0.2, -0.15) is 0 Å². The summed E-state index contributed by atoms with van der Waals surface area (Å²) in [6, 6.07) is 15.8. The molecule has 25 heavy (non-hydrogen) atoms. The first kappa shape index (κ1) is 18.5. The Kier molecular flexibility index (Phi) is 7.01. The normalized spacial score (nSPS) is 11.2. The van der Waals surface area contributed by atoms with E-state index in [9.17, 15) is 4.79 Å². The Morgan fingerprint density at radius 3 is 2.44 bits per heavy atom. The molecule has 2 aromatic carbocycles. The lowest BCUT2D eigenvalue weighted by atomic mass is 10.1. The summed E-state index contributed by atoms with van der Waals surface area (Å²) in [6.45, 7) is 4.55. The maximum absolute atomic E-state index is 11.7. The summed E-state index contributed by atoms with van der Waals surface area (Å²) < 4.78 is 0. The Hall–Kier alpha value is -2.82. The summed E-state index contributed by atoms with van der Waals surface area (Å²) >= 11 is 0. The Bertz CT molecular complexity index is 723. The number of nitrogens with one attached hydrogen (secondary N) is 2. The van der Waals surface area contributed by atoms with Crippen LogP contribution in [0.1, 0.15) is 37.8 Å². The van der Waals surface area contributed by atoms with Crippen molar-refractivity contribution < 1.29 is 4.79 Å². The average Bonchev–Trinajstić information content (AvgIpc) is 2.61. The Morgan fingerprint density at radius 2 is 1.76 bits per heavy atom. The molecule has 0 atom stereocenters. The summed E-state index contributed by atoms with van der Waals surface area (Å²) in [5.74, 6) is 0.393. The zero-order valence-corrected chi connectivity index (χ0v) is 14.9. The molecular formula is C20H26N4O. The highest BCUT2D eigenvalue weighted by molar-refractivity contribution is 5.92. The van der Waals surface area contributed by atoms with E-state index in [4.69, 9.17) is 5.73 Å². The smallest absolute Gasteiger partial charge is 0.224 e. The van der Waals surface area contributed by atoms with Gasteiger partial charge >= 0.3 is 0 Å². The lowest BCUT2D eigenvalue weighted by molar-refractivity contribution is -0.116. The molecule has 0 radical (unpaired) electrons. The highest BCUT2D eigenvalue weighted by atomic mass is 16.1. The minimum atomic E-state index is 0.0276. The molecule has 1 amide bonds. The van der Waals surface area contributed by atoms with Gasteiger partial charge in [-0.25, -0.2) is 4.99 Å². The second-order valence-electron chi connectivity index (χ2n) is 5.88. The number of anilines is 2. The molecule has 4 N–H and O–H groups in total. The molecular weight excluding hydrogens is 312 g/mol. The van der Waals surface area contributed by atoms with Gasteiger partial charge in [-0.1, -0.05) is 38.1 Å². The van der Waals surface area contributed by atoms with E-state index in [1.165, 1.54) is 5.56 Å². The van der Waals surface area contributed by atoms with Crippen molar-refractivity contribution >= 4 is 23.2 Å². The molecule has 0 aliphatic carbocycles. The van der Waals surface area contributed by atoms with Gasteiger partial charge in [0.15, 0.2) is 5.96 Å². The number of hydrogen-bond donors (Lipinski definition) is 3. The number of nitrogens with zero attached hydrogens (tertiary/aromatic N) is 1. The van der Waals surface area contributed by atoms with Crippen LogP contribution in [0.15, 0.2) is 53.5 Å². The van der Waals surface area contributed by atoms with Gasteiger partial charge in [0.25, 0.3) is 0 Å². The molecule has 132 valence electrons. The van der Waals surface area contributed by atoms with Crippen molar-refractivity contribution in [3.8, 4) is 0 Å². The summed E-state index contributed by atoms with van der Waals surface area (Å²) in [7, 11) is 0. The van der Waals surface area contributed by atoms with Gasteiger partial charge < -0.3 is 16.4 Å². The zero-order valence-electron chi connectivity index (χ0n) is 14.9. The van der Waals surface area contributed by atoms with Crippen LogP contribution in [0.3, 0.4) is 0 Å². The van der Waals surface area contributed by atoms with Crippen LogP contribution in [0.5, 0.6) is 0 Å². The van der Waals surface area contributed by atoms with E-state index in [1.54, 1.807) is 0 Å². The molecule has 0 aliphatic heterocycles. The molecule has 0 spiro atoms. The average molecular weight is 338 g/mol. The molecule has 0 fully saturated rings. The predicted octanol–water partition coefficient (Wildman–Crippen LogP) is 3.91. The highest BCUT2D eigenvalue weighted by Gasteiger charge is 2.02. The Morgan fingerprint density at radius 1 is 1.00 bits per heavy atom. The number of nitrogens with two attached hydrogens (primary N) is 1. The predicted molar refractivity (Wildman–Crippen MR) is 105 cm³/mol. The molecule has 0 bridgehead atoms. The Labute approximate surface area is 149 Å². The van der Waals surface area contributed by atoms with E-state index in [-0.39, 0.29) is 5.91 Å². The zero-order chi connectivity index (χ0) is 18.1. The maximum atomic E-state index is 11.7. The maximum Gasteiger partial charge on any atom is 0.224 e. The number of benzene rings is 2. The first-order valence-corrected chi connectivity index (χ1v) is 8.65. The van der Waals surface area contributed by atoms with Crippen molar-refractivity contribution in [1.29, 1.82) is 0 Å². The summed E-state index contributed by atoms with van der Waals surface area (Å²) in [5, 5.41) is 5.97. The standard InChI is InChI=1S/C20H26N4O/c1-3-6-19(25)23-18-8-5-7-16(13-18)14-22-20(21)24-17-11-9-15(4-2)10-12-17/h5,7-13H,3-4,6,14H2,1-2H3,(H,23,25)(H3,21,22,24). The quantitative estimate of drug-likeness (QED) is 0.529. The van der Waals surface area contributed by atoms with E-state index in [0.717, 1.165) is 29.8 Å². The van der Waals surface area contributed by atoms with Crippen molar-refractivity contribution in [3.63, 3.8) is 0 Å². The number of rotatable bonds is 7. The van der Waals surface area contributed by atoms with Crippen molar-refractivity contribution in [2.24, 2.45) is 10.7 Å². The van der Waals surface area contributed by atoms with Gasteiger partial charge in [0.2, 0.25) is 5.91 Å². The van der Waals surface area contributed by atoms with E-state index in [0.29, 0.717) is 18.9 Å². The van der Waals surface area contributed by atoms with Crippen LogP contribution in [0.25, 0.3) is 0 Å². The molecule has 0 aliphatic rings. The van der Waals surface area contributed by atoms with E-state index >= 15 is 0 Å². The molecule has 2 aromatic rings. The van der Waals surface area contributed by atoms with E-state index in [2.05, 4.69) is 34.7 Å².